The summed E-state index contributed by atoms with van der Waals surface area (Å²) in [5.74, 6) is -0.599. The standard InChI is InChI=1S/C6H10O3/c1-3-9-5(2)4-6(7)8/h2-4H2,1H3,(H,7,8). The van der Waals surface area contributed by atoms with Crippen molar-refractivity contribution < 1.29 is 14.6 Å². The van der Waals surface area contributed by atoms with E-state index in [2.05, 4.69) is 6.58 Å². The molecule has 0 spiro atoms. The van der Waals surface area contributed by atoms with Crippen molar-refractivity contribution in [1.29, 1.82) is 0 Å². The summed E-state index contributed by atoms with van der Waals surface area (Å²) >= 11 is 0. The van der Waals surface area contributed by atoms with Gasteiger partial charge in [0.2, 0.25) is 0 Å². The summed E-state index contributed by atoms with van der Waals surface area (Å²) in [7, 11) is 0. The van der Waals surface area contributed by atoms with Crippen molar-refractivity contribution in [2.75, 3.05) is 6.61 Å². The van der Waals surface area contributed by atoms with Gasteiger partial charge in [-0.2, -0.15) is 0 Å². The minimum atomic E-state index is -0.909. The Bertz CT molecular complexity index is 117. The molecule has 0 bridgehead atoms. The Kier molecular flexibility index (Phi) is 3.51. The summed E-state index contributed by atoms with van der Waals surface area (Å²) in [6, 6.07) is 0. The summed E-state index contributed by atoms with van der Waals surface area (Å²) in [6.07, 6.45) is -0.103. The molecule has 0 fully saturated rings. The van der Waals surface area contributed by atoms with E-state index in [9.17, 15) is 4.79 Å². The summed E-state index contributed by atoms with van der Waals surface area (Å²) in [5, 5.41) is 8.17. The monoisotopic (exact) mass is 130 g/mol. The maximum atomic E-state index is 9.94. The van der Waals surface area contributed by atoms with Gasteiger partial charge in [0.25, 0.3) is 0 Å². The Morgan fingerprint density at radius 3 is 2.67 bits per heavy atom. The second kappa shape index (κ2) is 3.95. The van der Waals surface area contributed by atoms with Crippen LogP contribution in [0.15, 0.2) is 12.3 Å². The molecule has 9 heavy (non-hydrogen) atoms. The van der Waals surface area contributed by atoms with Gasteiger partial charge in [0.05, 0.1) is 12.4 Å². The maximum Gasteiger partial charge on any atom is 0.310 e. The Morgan fingerprint density at radius 1 is 1.78 bits per heavy atom. The van der Waals surface area contributed by atoms with E-state index in [1.807, 2.05) is 0 Å². The highest BCUT2D eigenvalue weighted by atomic mass is 16.5. The summed E-state index contributed by atoms with van der Waals surface area (Å²) < 4.78 is 4.78. The van der Waals surface area contributed by atoms with Crippen molar-refractivity contribution in [2.45, 2.75) is 13.3 Å². The van der Waals surface area contributed by atoms with Gasteiger partial charge in [0, 0.05) is 0 Å². The fourth-order valence-electron chi connectivity index (χ4n) is 0.424. The number of aliphatic carboxylic acids is 1. The molecule has 0 radical (unpaired) electrons. The third-order valence-electron chi connectivity index (χ3n) is 0.697. The lowest BCUT2D eigenvalue weighted by molar-refractivity contribution is -0.136. The van der Waals surface area contributed by atoms with E-state index >= 15 is 0 Å². The molecule has 0 aromatic heterocycles. The van der Waals surface area contributed by atoms with Crippen molar-refractivity contribution in [3.05, 3.63) is 12.3 Å². The largest absolute Gasteiger partial charge is 0.498 e. The quantitative estimate of drug-likeness (QED) is 0.578. The lowest BCUT2D eigenvalue weighted by Gasteiger charge is -2.01. The minimum absolute atomic E-state index is 0.103. The topological polar surface area (TPSA) is 46.5 Å². The first-order chi connectivity index (χ1) is 4.16. The van der Waals surface area contributed by atoms with Crippen LogP contribution in [0.5, 0.6) is 0 Å². The van der Waals surface area contributed by atoms with Gasteiger partial charge in [0.15, 0.2) is 0 Å². The molecular weight excluding hydrogens is 120 g/mol. The van der Waals surface area contributed by atoms with E-state index in [-0.39, 0.29) is 6.42 Å². The van der Waals surface area contributed by atoms with Crippen molar-refractivity contribution in [3.8, 4) is 0 Å². The van der Waals surface area contributed by atoms with E-state index in [1.54, 1.807) is 6.92 Å². The summed E-state index contributed by atoms with van der Waals surface area (Å²) in [6.45, 7) is 5.64. The number of carboxylic acids is 1. The lowest BCUT2D eigenvalue weighted by atomic mass is 10.4. The molecule has 0 unspecified atom stereocenters. The van der Waals surface area contributed by atoms with Crippen LogP contribution in [-0.4, -0.2) is 17.7 Å². The van der Waals surface area contributed by atoms with Gasteiger partial charge in [-0.15, -0.1) is 0 Å². The number of ether oxygens (including phenoxy) is 1. The smallest absolute Gasteiger partial charge is 0.310 e. The average Bonchev–Trinajstić information content (AvgIpc) is 1.63. The molecule has 0 amide bonds. The second-order valence-corrected chi connectivity index (χ2v) is 1.54. The van der Waals surface area contributed by atoms with Crippen LogP contribution in [0.1, 0.15) is 13.3 Å². The molecule has 0 aliphatic heterocycles. The summed E-state index contributed by atoms with van der Waals surface area (Å²) in [4.78, 5) is 9.94. The molecule has 1 N–H and O–H groups in total. The Balaban J connectivity index is 3.39. The molecule has 3 nitrogen and oxygen atoms in total. The maximum absolute atomic E-state index is 9.94. The van der Waals surface area contributed by atoms with E-state index < -0.39 is 5.97 Å². The Hall–Kier alpha value is -0.990. The van der Waals surface area contributed by atoms with Crippen molar-refractivity contribution in [3.63, 3.8) is 0 Å². The number of hydrogen-bond acceptors (Lipinski definition) is 2. The van der Waals surface area contributed by atoms with E-state index in [0.29, 0.717) is 12.4 Å². The zero-order valence-corrected chi connectivity index (χ0v) is 5.39. The molecule has 0 atom stereocenters. The fraction of sp³-hybridized carbons (Fsp3) is 0.500. The number of carboxylic acid groups (broad SMARTS) is 1. The molecule has 0 saturated carbocycles. The Labute approximate surface area is 53.9 Å². The molecule has 0 aromatic rings. The van der Waals surface area contributed by atoms with Crippen LogP contribution in [0.2, 0.25) is 0 Å². The molecule has 0 rings (SSSR count). The van der Waals surface area contributed by atoms with E-state index in [4.69, 9.17) is 9.84 Å². The van der Waals surface area contributed by atoms with Gasteiger partial charge in [-0.05, 0) is 6.92 Å². The van der Waals surface area contributed by atoms with Crippen LogP contribution in [0.3, 0.4) is 0 Å². The first kappa shape index (κ1) is 8.01. The molecule has 0 aliphatic rings. The van der Waals surface area contributed by atoms with Crippen LogP contribution in [0.25, 0.3) is 0 Å². The molecule has 0 aromatic carbocycles. The van der Waals surface area contributed by atoms with E-state index in [0.717, 1.165) is 0 Å². The minimum Gasteiger partial charge on any atom is -0.498 e. The Morgan fingerprint density at radius 2 is 2.33 bits per heavy atom. The zero-order valence-electron chi connectivity index (χ0n) is 5.39. The molecule has 0 saturated heterocycles. The molecule has 52 valence electrons. The number of carbonyl (C=O) groups is 1. The van der Waals surface area contributed by atoms with Crippen LogP contribution in [0, 0.1) is 0 Å². The molecule has 0 aliphatic carbocycles. The van der Waals surface area contributed by atoms with Gasteiger partial charge in [-0.3, -0.25) is 4.79 Å². The van der Waals surface area contributed by atoms with Crippen LogP contribution in [-0.2, 0) is 9.53 Å². The van der Waals surface area contributed by atoms with Crippen LogP contribution in [0.4, 0.5) is 0 Å². The number of hydrogen-bond donors (Lipinski definition) is 1. The van der Waals surface area contributed by atoms with Gasteiger partial charge < -0.3 is 9.84 Å². The zero-order chi connectivity index (χ0) is 7.28. The van der Waals surface area contributed by atoms with E-state index in [1.165, 1.54) is 0 Å². The molecule has 3 heteroatoms. The van der Waals surface area contributed by atoms with Crippen molar-refractivity contribution in [2.24, 2.45) is 0 Å². The van der Waals surface area contributed by atoms with Crippen molar-refractivity contribution in [1.82, 2.24) is 0 Å². The normalized spacial score (nSPS) is 8.56. The van der Waals surface area contributed by atoms with Crippen molar-refractivity contribution >= 4 is 5.97 Å². The van der Waals surface area contributed by atoms with Gasteiger partial charge in [0.1, 0.15) is 6.42 Å². The van der Waals surface area contributed by atoms with Gasteiger partial charge in [-0.25, -0.2) is 0 Å². The average molecular weight is 130 g/mol. The predicted molar refractivity (Wildman–Crippen MR) is 33.0 cm³/mol. The molecule has 0 heterocycles. The predicted octanol–water partition coefficient (Wildman–Crippen LogP) is 1.01. The third kappa shape index (κ3) is 4.87. The SMILES string of the molecule is C=C(CC(=O)O)OCC. The first-order valence-electron chi connectivity index (χ1n) is 2.69. The fourth-order valence-corrected chi connectivity index (χ4v) is 0.424. The highest BCUT2D eigenvalue weighted by molar-refractivity contribution is 5.69. The molecular formula is C6H10O3. The third-order valence-corrected chi connectivity index (χ3v) is 0.697. The number of rotatable bonds is 4. The first-order valence-corrected chi connectivity index (χ1v) is 2.69. The summed E-state index contributed by atoms with van der Waals surface area (Å²) in [5.41, 5.74) is 0. The van der Waals surface area contributed by atoms with Crippen LogP contribution < -0.4 is 0 Å². The highest BCUT2D eigenvalue weighted by Gasteiger charge is 1.99. The van der Waals surface area contributed by atoms with Gasteiger partial charge in [-0.1, -0.05) is 6.58 Å². The highest BCUT2D eigenvalue weighted by Crippen LogP contribution is 1.98. The van der Waals surface area contributed by atoms with Gasteiger partial charge >= 0.3 is 5.97 Å². The second-order valence-electron chi connectivity index (χ2n) is 1.54. The van der Waals surface area contributed by atoms with Crippen LogP contribution >= 0.6 is 0 Å². The lowest BCUT2D eigenvalue weighted by Crippen LogP contribution is -1.99.